The number of rotatable bonds is 0. The highest BCUT2D eigenvalue weighted by Gasteiger charge is 2.29. The monoisotopic (exact) mass is 276 g/mol. The molecular formula is C9H9BrO3S. The average molecular weight is 277 g/mol. The van der Waals surface area contributed by atoms with Gasteiger partial charge in [0.05, 0.1) is 5.75 Å². The Morgan fingerprint density at radius 3 is 2.93 bits per heavy atom. The SMILES string of the molecule is CC1CS(=O)(=O)c2ccc(Br)cc2O1. The minimum Gasteiger partial charge on any atom is -0.488 e. The van der Waals surface area contributed by atoms with Crippen molar-refractivity contribution in [2.24, 2.45) is 0 Å². The van der Waals surface area contributed by atoms with E-state index < -0.39 is 9.84 Å². The van der Waals surface area contributed by atoms with Gasteiger partial charge >= 0.3 is 0 Å². The van der Waals surface area contributed by atoms with Crippen molar-refractivity contribution in [2.45, 2.75) is 17.9 Å². The molecule has 0 saturated carbocycles. The number of sulfone groups is 1. The minimum atomic E-state index is -3.15. The van der Waals surface area contributed by atoms with Gasteiger partial charge in [-0.25, -0.2) is 8.42 Å². The topological polar surface area (TPSA) is 43.4 Å². The van der Waals surface area contributed by atoms with Crippen LogP contribution >= 0.6 is 15.9 Å². The van der Waals surface area contributed by atoms with Crippen LogP contribution in [0.15, 0.2) is 27.6 Å². The third kappa shape index (κ3) is 1.66. The zero-order chi connectivity index (χ0) is 10.3. The zero-order valence-electron chi connectivity index (χ0n) is 7.53. The maximum absolute atomic E-state index is 11.7. The van der Waals surface area contributed by atoms with Crippen molar-refractivity contribution < 1.29 is 13.2 Å². The maximum atomic E-state index is 11.7. The van der Waals surface area contributed by atoms with E-state index in [1.165, 1.54) is 0 Å². The van der Waals surface area contributed by atoms with E-state index >= 15 is 0 Å². The average Bonchev–Trinajstić information content (AvgIpc) is 2.00. The molecule has 1 aromatic carbocycles. The van der Waals surface area contributed by atoms with Gasteiger partial charge < -0.3 is 4.74 Å². The van der Waals surface area contributed by atoms with Gasteiger partial charge in [-0.2, -0.15) is 0 Å². The van der Waals surface area contributed by atoms with Crippen molar-refractivity contribution in [3.8, 4) is 5.75 Å². The van der Waals surface area contributed by atoms with Crippen LogP contribution in [0, 0.1) is 0 Å². The normalized spacial score (nSPS) is 23.7. The van der Waals surface area contributed by atoms with Crippen LogP contribution in [0.1, 0.15) is 6.92 Å². The molecule has 0 fully saturated rings. The molecule has 2 rings (SSSR count). The standard InChI is InChI=1S/C9H9BrO3S/c1-6-5-14(11,12)9-3-2-7(10)4-8(9)13-6/h2-4,6H,5H2,1H3. The quantitative estimate of drug-likeness (QED) is 0.728. The van der Waals surface area contributed by atoms with Crippen molar-refractivity contribution >= 4 is 25.8 Å². The van der Waals surface area contributed by atoms with Crippen LogP contribution in [0.4, 0.5) is 0 Å². The van der Waals surface area contributed by atoms with Crippen molar-refractivity contribution in [1.82, 2.24) is 0 Å². The fourth-order valence-corrected chi connectivity index (χ4v) is 3.38. The summed E-state index contributed by atoms with van der Waals surface area (Å²) in [6, 6.07) is 4.96. The van der Waals surface area contributed by atoms with Crippen molar-refractivity contribution in [2.75, 3.05) is 5.75 Å². The summed E-state index contributed by atoms with van der Waals surface area (Å²) in [5.41, 5.74) is 0. The molecule has 0 amide bonds. The predicted molar refractivity (Wildman–Crippen MR) is 56.3 cm³/mol. The van der Waals surface area contributed by atoms with Gasteiger partial charge in [0.15, 0.2) is 9.84 Å². The van der Waals surface area contributed by atoms with Crippen LogP contribution in [0.3, 0.4) is 0 Å². The first-order chi connectivity index (χ1) is 6.49. The minimum absolute atomic E-state index is 0.0572. The van der Waals surface area contributed by atoms with Gasteiger partial charge in [-0.1, -0.05) is 15.9 Å². The number of hydrogen-bond acceptors (Lipinski definition) is 3. The summed E-state index contributed by atoms with van der Waals surface area (Å²) in [6.07, 6.45) is -0.276. The first-order valence-electron chi connectivity index (χ1n) is 4.18. The summed E-state index contributed by atoms with van der Waals surface area (Å²) in [4.78, 5) is 0.291. The number of hydrogen-bond donors (Lipinski definition) is 0. The van der Waals surface area contributed by atoms with Gasteiger partial charge in [-0.3, -0.25) is 0 Å². The number of halogens is 1. The Bertz CT molecular complexity index is 467. The van der Waals surface area contributed by atoms with Crippen LogP contribution in [-0.2, 0) is 9.84 Å². The highest BCUT2D eigenvalue weighted by atomic mass is 79.9. The number of benzene rings is 1. The molecule has 14 heavy (non-hydrogen) atoms. The fourth-order valence-electron chi connectivity index (χ4n) is 1.48. The molecule has 1 aromatic rings. The van der Waals surface area contributed by atoms with Gasteiger partial charge in [0.1, 0.15) is 16.7 Å². The molecule has 5 heteroatoms. The molecule has 1 aliphatic rings. The van der Waals surface area contributed by atoms with E-state index in [1.54, 1.807) is 25.1 Å². The van der Waals surface area contributed by atoms with Crippen LogP contribution < -0.4 is 4.74 Å². The third-order valence-electron chi connectivity index (χ3n) is 2.02. The van der Waals surface area contributed by atoms with Crippen molar-refractivity contribution in [3.05, 3.63) is 22.7 Å². The molecular weight excluding hydrogens is 268 g/mol. The molecule has 76 valence electrons. The van der Waals surface area contributed by atoms with E-state index in [9.17, 15) is 8.42 Å². The molecule has 0 radical (unpaired) electrons. The maximum Gasteiger partial charge on any atom is 0.185 e. The van der Waals surface area contributed by atoms with Gasteiger partial charge in [-0.05, 0) is 25.1 Å². The van der Waals surface area contributed by atoms with Gasteiger partial charge in [0, 0.05) is 4.47 Å². The lowest BCUT2D eigenvalue weighted by Gasteiger charge is -2.23. The summed E-state index contributed by atoms with van der Waals surface area (Å²) in [5.74, 6) is 0.500. The van der Waals surface area contributed by atoms with E-state index in [4.69, 9.17) is 4.74 Å². The van der Waals surface area contributed by atoms with Gasteiger partial charge in [0.2, 0.25) is 0 Å². The summed E-state index contributed by atoms with van der Waals surface area (Å²) in [5, 5.41) is 0. The first kappa shape index (κ1) is 9.98. The zero-order valence-corrected chi connectivity index (χ0v) is 9.93. The molecule has 1 atom stereocenters. The molecule has 0 spiro atoms. The predicted octanol–water partition coefficient (Wildman–Crippen LogP) is 2.00. The lowest BCUT2D eigenvalue weighted by Crippen LogP contribution is -2.29. The lowest BCUT2D eigenvalue weighted by atomic mass is 10.3. The highest BCUT2D eigenvalue weighted by Crippen LogP contribution is 2.33. The third-order valence-corrected chi connectivity index (χ3v) is 4.43. The molecule has 3 nitrogen and oxygen atoms in total. The van der Waals surface area contributed by atoms with Gasteiger partial charge in [0.25, 0.3) is 0 Å². The van der Waals surface area contributed by atoms with Gasteiger partial charge in [-0.15, -0.1) is 0 Å². The van der Waals surface area contributed by atoms with E-state index in [2.05, 4.69) is 15.9 Å². The van der Waals surface area contributed by atoms with Crippen LogP contribution in [-0.4, -0.2) is 20.3 Å². The van der Waals surface area contributed by atoms with Crippen molar-refractivity contribution in [1.29, 1.82) is 0 Å². The fraction of sp³-hybridized carbons (Fsp3) is 0.333. The molecule has 0 aliphatic carbocycles. The van der Waals surface area contributed by atoms with Crippen LogP contribution in [0.5, 0.6) is 5.75 Å². The number of ether oxygens (including phenoxy) is 1. The van der Waals surface area contributed by atoms with E-state index in [-0.39, 0.29) is 11.9 Å². The summed E-state index contributed by atoms with van der Waals surface area (Å²) in [6.45, 7) is 1.75. The molecule has 1 aliphatic heterocycles. The molecule has 0 bridgehead atoms. The Labute approximate surface area is 91.1 Å². The largest absolute Gasteiger partial charge is 0.488 e. The molecule has 1 unspecified atom stereocenters. The molecule has 1 heterocycles. The Morgan fingerprint density at radius 1 is 1.50 bits per heavy atom. The van der Waals surface area contributed by atoms with E-state index in [0.717, 1.165) is 4.47 Å². The Kier molecular flexibility index (Phi) is 2.31. The smallest absolute Gasteiger partial charge is 0.185 e. The lowest BCUT2D eigenvalue weighted by molar-refractivity contribution is 0.230. The van der Waals surface area contributed by atoms with E-state index in [0.29, 0.717) is 10.6 Å². The Balaban J connectivity index is 2.64. The second kappa shape index (κ2) is 3.24. The molecule has 0 N–H and O–H groups in total. The first-order valence-corrected chi connectivity index (χ1v) is 6.62. The molecule has 0 saturated heterocycles. The highest BCUT2D eigenvalue weighted by molar-refractivity contribution is 9.10. The Hall–Kier alpha value is -0.550. The van der Waals surface area contributed by atoms with Crippen LogP contribution in [0.25, 0.3) is 0 Å². The second-order valence-electron chi connectivity index (χ2n) is 3.30. The summed E-state index contributed by atoms with van der Waals surface area (Å²) < 4.78 is 29.7. The number of fused-ring (bicyclic) bond motifs is 1. The van der Waals surface area contributed by atoms with Crippen molar-refractivity contribution in [3.63, 3.8) is 0 Å². The second-order valence-corrected chi connectivity index (χ2v) is 6.22. The molecule has 0 aromatic heterocycles. The summed E-state index contributed by atoms with van der Waals surface area (Å²) in [7, 11) is -3.15. The summed E-state index contributed by atoms with van der Waals surface area (Å²) >= 11 is 3.27. The van der Waals surface area contributed by atoms with E-state index in [1.807, 2.05) is 0 Å². The Morgan fingerprint density at radius 2 is 2.21 bits per heavy atom. The van der Waals surface area contributed by atoms with Crippen LogP contribution in [0.2, 0.25) is 0 Å².